The highest BCUT2D eigenvalue weighted by Crippen LogP contribution is 2.20. The van der Waals surface area contributed by atoms with E-state index in [0.29, 0.717) is 24.8 Å². The molecule has 0 aliphatic heterocycles. The summed E-state index contributed by atoms with van der Waals surface area (Å²) in [5, 5.41) is 16.8. The van der Waals surface area contributed by atoms with Crippen LogP contribution in [0.1, 0.15) is 19.7 Å². The molecule has 0 fully saturated rings. The van der Waals surface area contributed by atoms with Gasteiger partial charge in [-0.1, -0.05) is 19.0 Å². The fourth-order valence-electron chi connectivity index (χ4n) is 1.79. The zero-order chi connectivity index (χ0) is 14.5. The number of aliphatic carboxylic acids is 1. The summed E-state index contributed by atoms with van der Waals surface area (Å²) in [6.45, 7) is 5.36. The lowest BCUT2D eigenvalue weighted by molar-refractivity contribution is -0.141. The number of hydrogen-bond donors (Lipinski definition) is 1. The zero-order valence-corrected chi connectivity index (χ0v) is 12.3. The van der Waals surface area contributed by atoms with Crippen LogP contribution in [0, 0.1) is 5.92 Å². The molecule has 1 N–H and O–H groups in total. The molecule has 2 aromatic rings. The predicted octanol–water partition coefficient (Wildman–Crippen LogP) is 2.34. The molecule has 0 saturated carbocycles. The van der Waals surface area contributed by atoms with E-state index in [1.54, 1.807) is 18.3 Å². The van der Waals surface area contributed by atoms with E-state index in [1.807, 2.05) is 28.7 Å². The first-order chi connectivity index (χ1) is 9.60. The van der Waals surface area contributed by atoms with E-state index in [4.69, 9.17) is 9.63 Å². The standard InChI is InChI=1S/C13H17N3O3S/c1-3-16(6-9(2)13(17)18)7-11-14-12(19-15-11)10-4-5-20-8-10/h4-5,8-9H,3,6-7H2,1-2H3,(H,17,18). The van der Waals surface area contributed by atoms with Gasteiger partial charge in [-0.05, 0) is 18.0 Å². The average molecular weight is 295 g/mol. The number of carbonyl (C=O) groups is 1. The Bertz CT molecular complexity index is 553. The highest BCUT2D eigenvalue weighted by molar-refractivity contribution is 7.08. The zero-order valence-electron chi connectivity index (χ0n) is 11.4. The molecule has 1 atom stereocenters. The SMILES string of the molecule is CCN(Cc1noc(-c2ccsc2)n1)CC(C)C(=O)O. The molecule has 7 heteroatoms. The van der Waals surface area contributed by atoms with Gasteiger partial charge in [-0.15, -0.1) is 0 Å². The maximum Gasteiger partial charge on any atom is 0.307 e. The van der Waals surface area contributed by atoms with Crippen molar-refractivity contribution >= 4 is 17.3 Å². The van der Waals surface area contributed by atoms with E-state index in [1.165, 1.54) is 0 Å². The smallest absolute Gasteiger partial charge is 0.307 e. The van der Waals surface area contributed by atoms with E-state index < -0.39 is 11.9 Å². The number of aromatic nitrogens is 2. The van der Waals surface area contributed by atoms with Crippen LogP contribution >= 0.6 is 11.3 Å². The van der Waals surface area contributed by atoms with Gasteiger partial charge in [0.05, 0.1) is 18.0 Å². The van der Waals surface area contributed by atoms with Gasteiger partial charge in [0.25, 0.3) is 5.89 Å². The number of thiophene rings is 1. The van der Waals surface area contributed by atoms with Crippen LogP contribution in [0.25, 0.3) is 11.5 Å². The van der Waals surface area contributed by atoms with E-state index in [-0.39, 0.29) is 0 Å². The van der Waals surface area contributed by atoms with E-state index in [9.17, 15) is 4.79 Å². The largest absolute Gasteiger partial charge is 0.481 e. The summed E-state index contributed by atoms with van der Waals surface area (Å²) in [5.41, 5.74) is 0.913. The van der Waals surface area contributed by atoms with Crippen molar-refractivity contribution in [3.8, 4) is 11.5 Å². The molecule has 0 aliphatic rings. The second-order valence-electron chi connectivity index (χ2n) is 4.59. The Kier molecular flexibility index (Phi) is 4.86. The molecule has 2 heterocycles. The van der Waals surface area contributed by atoms with E-state index >= 15 is 0 Å². The Labute approximate surface area is 121 Å². The van der Waals surface area contributed by atoms with Crippen molar-refractivity contribution in [3.63, 3.8) is 0 Å². The highest BCUT2D eigenvalue weighted by atomic mass is 32.1. The molecule has 0 aliphatic carbocycles. The Morgan fingerprint density at radius 2 is 2.40 bits per heavy atom. The van der Waals surface area contributed by atoms with Gasteiger partial charge < -0.3 is 9.63 Å². The molecule has 0 amide bonds. The van der Waals surface area contributed by atoms with Crippen molar-refractivity contribution in [2.24, 2.45) is 5.92 Å². The van der Waals surface area contributed by atoms with Gasteiger partial charge in [0.2, 0.25) is 0 Å². The van der Waals surface area contributed by atoms with Crippen molar-refractivity contribution in [1.82, 2.24) is 15.0 Å². The van der Waals surface area contributed by atoms with Crippen LogP contribution in [0.2, 0.25) is 0 Å². The molecule has 108 valence electrons. The fourth-order valence-corrected chi connectivity index (χ4v) is 2.42. The Hall–Kier alpha value is -1.73. The Balaban J connectivity index is 1.99. The summed E-state index contributed by atoms with van der Waals surface area (Å²) in [7, 11) is 0. The molecule has 0 radical (unpaired) electrons. The van der Waals surface area contributed by atoms with Crippen molar-refractivity contribution < 1.29 is 14.4 Å². The van der Waals surface area contributed by atoms with Crippen LogP contribution in [-0.2, 0) is 11.3 Å². The van der Waals surface area contributed by atoms with Gasteiger partial charge in [0.15, 0.2) is 5.82 Å². The predicted molar refractivity (Wildman–Crippen MR) is 75.4 cm³/mol. The molecule has 0 aromatic carbocycles. The molecule has 2 rings (SSSR count). The normalized spacial score (nSPS) is 12.8. The van der Waals surface area contributed by atoms with Gasteiger partial charge in [0, 0.05) is 11.9 Å². The van der Waals surface area contributed by atoms with Crippen molar-refractivity contribution in [3.05, 3.63) is 22.7 Å². The first kappa shape index (κ1) is 14.7. The van der Waals surface area contributed by atoms with Crippen LogP contribution in [-0.4, -0.2) is 39.2 Å². The minimum Gasteiger partial charge on any atom is -0.481 e. The molecule has 1 unspecified atom stereocenters. The average Bonchev–Trinajstić information content (AvgIpc) is 3.08. The van der Waals surface area contributed by atoms with Crippen LogP contribution < -0.4 is 0 Å². The summed E-state index contributed by atoms with van der Waals surface area (Å²) in [4.78, 5) is 17.2. The van der Waals surface area contributed by atoms with Crippen LogP contribution in [0.5, 0.6) is 0 Å². The van der Waals surface area contributed by atoms with Crippen molar-refractivity contribution in [1.29, 1.82) is 0 Å². The van der Waals surface area contributed by atoms with Gasteiger partial charge in [-0.25, -0.2) is 0 Å². The summed E-state index contributed by atoms with van der Waals surface area (Å²) >= 11 is 1.57. The van der Waals surface area contributed by atoms with Gasteiger partial charge in [-0.3, -0.25) is 9.69 Å². The molecular weight excluding hydrogens is 278 g/mol. The Morgan fingerprint density at radius 3 is 3.00 bits per heavy atom. The highest BCUT2D eigenvalue weighted by Gasteiger charge is 2.17. The van der Waals surface area contributed by atoms with Gasteiger partial charge in [0.1, 0.15) is 0 Å². The van der Waals surface area contributed by atoms with E-state index in [0.717, 1.165) is 12.1 Å². The lowest BCUT2D eigenvalue weighted by Gasteiger charge is -2.20. The second-order valence-corrected chi connectivity index (χ2v) is 5.37. The molecule has 2 aromatic heterocycles. The third-order valence-corrected chi connectivity index (χ3v) is 3.69. The lowest BCUT2D eigenvalue weighted by Crippen LogP contribution is -2.31. The first-order valence-electron chi connectivity index (χ1n) is 6.40. The quantitative estimate of drug-likeness (QED) is 0.844. The molecule has 0 bridgehead atoms. The van der Waals surface area contributed by atoms with Crippen molar-refractivity contribution in [2.75, 3.05) is 13.1 Å². The number of hydrogen-bond acceptors (Lipinski definition) is 6. The molecule has 20 heavy (non-hydrogen) atoms. The van der Waals surface area contributed by atoms with Crippen molar-refractivity contribution in [2.45, 2.75) is 20.4 Å². The first-order valence-corrected chi connectivity index (χ1v) is 7.34. The number of carboxylic acids is 1. The van der Waals surface area contributed by atoms with Gasteiger partial charge in [-0.2, -0.15) is 16.3 Å². The number of rotatable bonds is 7. The maximum absolute atomic E-state index is 10.9. The molecule has 6 nitrogen and oxygen atoms in total. The third kappa shape index (κ3) is 3.64. The molecule has 0 spiro atoms. The van der Waals surface area contributed by atoms with Crippen LogP contribution in [0.15, 0.2) is 21.3 Å². The minimum absolute atomic E-state index is 0.418. The Morgan fingerprint density at radius 1 is 1.60 bits per heavy atom. The lowest BCUT2D eigenvalue weighted by atomic mass is 10.1. The minimum atomic E-state index is -0.796. The summed E-state index contributed by atoms with van der Waals surface area (Å²) in [6, 6.07) is 1.92. The maximum atomic E-state index is 10.9. The van der Waals surface area contributed by atoms with E-state index in [2.05, 4.69) is 10.1 Å². The summed E-state index contributed by atoms with van der Waals surface area (Å²) in [5.74, 6) is -0.136. The summed E-state index contributed by atoms with van der Waals surface area (Å²) < 4.78 is 5.21. The number of nitrogens with zero attached hydrogens (tertiary/aromatic N) is 3. The second kappa shape index (κ2) is 6.62. The monoisotopic (exact) mass is 295 g/mol. The molecular formula is C13H17N3O3S. The molecule has 0 saturated heterocycles. The topological polar surface area (TPSA) is 79.5 Å². The fraction of sp³-hybridized carbons (Fsp3) is 0.462. The van der Waals surface area contributed by atoms with Crippen LogP contribution in [0.4, 0.5) is 0 Å². The van der Waals surface area contributed by atoms with Crippen LogP contribution in [0.3, 0.4) is 0 Å². The third-order valence-electron chi connectivity index (χ3n) is 3.00. The summed E-state index contributed by atoms with van der Waals surface area (Å²) in [6.07, 6.45) is 0. The van der Waals surface area contributed by atoms with Gasteiger partial charge >= 0.3 is 5.97 Å². The number of carboxylic acid groups (broad SMARTS) is 1.